The summed E-state index contributed by atoms with van der Waals surface area (Å²) in [4.78, 5) is 27.7. The molecule has 0 spiro atoms. The minimum Gasteiger partial charge on any atom is -0.482 e. The second-order valence-electron chi connectivity index (χ2n) is 6.69. The van der Waals surface area contributed by atoms with E-state index >= 15 is 0 Å². The maximum absolute atomic E-state index is 11.3. The van der Waals surface area contributed by atoms with Crippen molar-refractivity contribution in [3.8, 4) is 5.75 Å². The van der Waals surface area contributed by atoms with Gasteiger partial charge in [0.05, 0.1) is 0 Å². The van der Waals surface area contributed by atoms with Crippen LogP contribution in [0.15, 0.2) is 24.4 Å². The number of carboxylic acids is 1. The summed E-state index contributed by atoms with van der Waals surface area (Å²) in [5.41, 5.74) is 2.09. The van der Waals surface area contributed by atoms with Gasteiger partial charge in [-0.25, -0.2) is 0 Å². The Labute approximate surface area is 154 Å². The lowest BCUT2D eigenvalue weighted by atomic mass is 10.1. The summed E-state index contributed by atoms with van der Waals surface area (Å²) in [6.07, 6.45) is 2.82. The average Bonchev–Trinajstić information content (AvgIpc) is 3.02. The molecule has 0 radical (unpaired) electrons. The van der Waals surface area contributed by atoms with Crippen molar-refractivity contribution in [2.24, 2.45) is 0 Å². The summed E-state index contributed by atoms with van der Waals surface area (Å²) in [5.74, 6) is -0.317. The summed E-state index contributed by atoms with van der Waals surface area (Å²) in [6.45, 7) is 8.45. The van der Waals surface area contributed by atoms with Crippen LogP contribution in [-0.2, 0) is 16.0 Å². The number of aromatic nitrogens is 1. The molecule has 0 aliphatic rings. The minimum absolute atomic E-state index is 0.0980. The van der Waals surface area contributed by atoms with Gasteiger partial charge in [-0.05, 0) is 44.5 Å². The number of likely N-dealkylation sites (N-methyl/N-ethyl adjacent to an activating group) is 1. The molecule has 2 N–H and O–H groups in total. The molecule has 0 bridgehead atoms. The number of aldehydes is 1. The van der Waals surface area contributed by atoms with Gasteiger partial charge in [0.1, 0.15) is 5.75 Å². The number of aliphatic carboxylic acids is 1. The van der Waals surface area contributed by atoms with Crippen LogP contribution in [0.2, 0.25) is 0 Å². The minimum atomic E-state index is -0.936. The van der Waals surface area contributed by atoms with E-state index in [1.807, 2.05) is 24.4 Å². The van der Waals surface area contributed by atoms with Crippen LogP contribution in [0.25, 0.3) is 10.9 Å². The Morgan fingerprint density at radius 2 is 2.15 bits per heavy atom. The molecule has 2 aromatic rings. The van der Waals surface area contributed by atoms with Crippen LogP contribution in [0, 0.1) is 0 Å². The zero-order chi connectivity index (χ0) is 19.1. The van der Waals surface area contributed by atoms with E-state index in [0.29, 0.717) is 18.1 Å². The van der Waals surface area contributed by atoms with E-state index in [1.54, 1.807) is 0 Å². The number of fused-ring (bicyclic) bond motifs is 1. The first kappa shape index (κ1) is 20.0. The quantitative estimate of drug-likeness (QED) is 0.601. The molecular weight excluding hydrogens is 332 g/mol. The van der Waals surface area contributed by atoms with Gasteiger partial charge in [0.15, 0.2) is 12.4 Å². The third kappa shape index (κ3) is 5.08. The Bertz CT molecular complexity index is 738. The fourth-order valence-corrected chi connectivity index (χ4v) is 3.14. The predicted octanol–water partition coefficient (Wildman–Crippen LogP) is 3.25. The van der Waals surface area contributed by atoms with Crippen LogP contribution in [0.1, 0.15) is 39.2 Å². The molecule has 1 heterocycles. The highest BCUT2D eigenvalue weighted by atomic mass is 16.5. The monoisotopic (exact) mass is 360 g/mol. The lowest BCUT2D eigenvalue weighted by Crippen LogP contribution is -2.32. The molecular formula is C20H28N2O4. The number of nitrogens with one attached hydrogen (secondary N) is 1. The molecule has 1 aromatic carbocycles. The van der Waals surface area contributed by atoms with E-state index in [1.165, 1.54) is 0 Å². The van der Waals surface area contributed by atoms with Crippen LogP contribution >= 0.6 is 0 Å². The molecule has 1 aromatic heterocycles. The van der Waals surface area contributed by atoms with Gasteiger partial charge in [-0.2, -0.15) is 0 Å². The molecule has 1 atom stereocenters. The molecule has 142 valence electrons. The smallest absolute Gasteiger partial charge is 0.303 e. The van der Waals surface area contributed by atoms with Gasteiger partial charge in [0, 0.05) is 42.5 Å². The Hall–Kier alpha value is -2.34. The highest BCUT2D eigenvalue weighted by Crippen LogP contribution is 2.30. The van der Waals surface area contributed by atoms with E-state index in [4.69, 9.17) is 9.84 Å². The molecule has 0 fully saturated rings. The van der Waals surface area contributed by atoms with Crippen LogP contribution in [0.5, 0.6) is 5.75 Å². The fourth-order valence-electron chi connectivity index (χ4n) is 3.14. The number of ether oxygens (including phenoxy) is 1. The first-order chi connectivity index (χ1) is 12.5. The summed E-state index contributed by atoms with van der Waals surface area (Å²) in [6, 6.07) is 6.15. The Morgan fingerprint density at radius 1 is 1.38 bits per heavy atom. The summed E-state index contributed by atoms with van der Waals surface area (Å²) in [5, 5.41) is 9.78. The number of aromatic amines is 1. The lowest BCUT2D eigenvalue weighted by molar-refractivity contribution is -0.137. The Morgan fingerprint density at radius 3 is 2.77 bits per heavy atom. The normalized spacial score (nSPS) is 12.7. The standard InChI is InChI=1S/C20H28N2O4/c1-4-22(14(2)3)11-10-15-12-21-17-6-5-7-18(20(15)17)26-16(13-23)8-9-19(24)25/h5-7,12-14,16,21H,4,8-11H2,1-3H3,(H,24,25). The maximum Gasteiger partial charge on any atom is 0.303 e. The van der Waals surface area contributed by atoms with E-state index < -0.39 is 12.1 Å². The molecule has 6 nitrogen and oxygen atoms in total. The SMILES string of the molecule is CCN(CCc1c[nH]c2cccc(OC(C=O)CCC(=O)O)c12)C(C)C. The number of carbonyl (C=O) groups excluding carboxylic acids is 1. The highest BCUT2D eigenvalue weighted by Gasteiger charge is 2.16. The number of hydrogen-bond acceptors (Lipinski definition) is 4. The van der Waals surface area contributed by atoms with Crippen LogP contribution < -0.4 is 4.74 Å². The number of carboxylic acid groups (broad SMARTS) is 1. The number of benzene rings is 1. The van der Waals surface area contributed by atoms with E-state index in [2.05, 4.69) is 30.7 Å². The number of nitrogens with zero attached hydrogens (tertiary/aromatic N) is 1. The van der Waals surface area contributed by atoms with Crippen molar-refractivity contribution in [1.29, 1.82) is 0 Å². The van der Waals surface area contributed by atoms with Crippen molar-refractivity contribution in [2.45, 2.75) is 52.2 Å². The Balaban J connectivity index is 2.20. The van der Waals surface area contributed by atoms with E-state index in [0.717, 1.165) is 36.0 Å². The first-order valence-corrected chi connectivity index (χ1v) is 9.13. The van der Waals surface area contributed by atoms with Crippen molar-refractivity contribution in [1.82, 2.24) is 9.88 Å². The molecule has 26 heavy (non-hydrogen) atoms. The van der Waals surface area contributed by atoms with Gasteiger partial charge in [0.2, 0.25) is 0 Å². The average molecular weight is 360 g/mol. The first-order valence-electron chi connectivity index (χ1n) is 9.13. The van der Waals surface area contributed by atoms with Gasteiger partial charge < -0.3 is 19.7 Å². The second-order valence-corrected chi connectivity index (χ2v) is 6.69. The predicted molar refractivity (Wildman–Crippen MR) is 102 cm³/mol. The number of carbonyl (C=O) groups is 2. The molecule has 0 aliphatic heterocycles. The van der Waals surface area contributed by atoms with E-state index in [9.17, 15) is 9.59 Å². The van der Waals surface area contributed by atoms with Gasteiger partial charge in [0.25, 0.3) is 0 Å². The second kappa shape index (κ2) is 9.38. The van der Waals surface area contributed by atoms with Crippen molar-refractivity contribution in [2.75, 3.05) is 13.1 Å². The molecule has 1 unspecified atom stereocenters. The zero-order valence-corrected chi connectivity index (χ0v) is 15.7. The van der Waals surface area contributed by atoms with Crippen molar-refractivity contribution < 1.29 is 19.4 Å². The topological polar surface area (TPSA) is 82.6 Å². The van der Waals surface area contributed by atoms with Crippen LogP contribution in [0.4, 0.5) is 0 Å². The molecule has 2 rings (SSSR count). The van der Waals surface area contributed by atoms with Gasteiger partial charge in [-0.3, -0.25) is 9.59 Å². The fraction of sp³-hybridized carbons (Fsp3) is 0.500. The molecule has 6 heteroatoms. The largest absolute Gasteiger partial charge is 0.482 e. The number of rotatable bonds is 11. The number of hydrogen-bond donors (Lipinski definition) is 2. The molecule has 0 aliphatic carbocycles. The molecule has 0 saturated carbocycles. The summed E-state index contributed by atoms with van der Waals surface area (Å²) in [7, 11) is 0. The van der Waals surface area contributed by atoms with Gasteiger partial charge >= 0.3 is 5.97 Å². The third-order valence-corrected chi connectivity index (χ3v) is 4.63. The van der Waals surface area contributed by atoms with Crippen molar-refractivity contribution in [3.05, 3.63) is 30.0 Å². The lowest BCUT2D eigenvalue weighted by Gasteiger charge is -2.24. The summed E-state index contributed by atoms with van der Waals surface area (Å²) < 4.78 is 5.84. The van der Waals surface area contributed by atoms with Crippen molar-refractivity contribution in [3.63, 3.8) is 0 Å². The van der Waals surface area contributed by atoms with Gasteiger partial charge in [-0.15, -0.1) is 0 Å². The van der Waals surface area contributed by atoms with Gasteiger partial charge in [-0.1, -0.05) is 13.0 Å². The zero-order valence-electron chi connectivity index (χ0n) is 15.7. The third-order valence-electron chi connectivity index (χ3n) is 4.63. The van der Waals surface area contributed by atoms with E-state index in [-0.39, 0.29) is 12.8 Å². The summed E-state index contributed by atoms with van der Waals surface area (Å²) >= 11 is 0. The molecule has 0 saturated heterocycles. The maximum atomic E-state index is 11.3. The number of H-pyrrole nitrogens is 1. The van der Waals surface area contributed by atoms with Crippen molar-refractivity contribution >= 4 is 23.2 Å². The van der Waals surface area contributed by atoms with Crippen LogP contribution in [0.3, 0.4) is 0 Å². The van der Waals surface area contributed by atoms with Crippen LogP contribution in [-0.4, -0.2) is 52.5 Å². The molecule has 0 amide bonds. The Kier molecular flexibility index (Phi) is 7.21. The highest BCUT2D eigenvalue weighted by molar-refractivity contribution is 5.89.